The number of sulfonamides is 1. The van der Waals surface area contributed by atoms with Gasteiger partial charge in [0, 0.05) is 30.7 Å². The van der Waals surface area contributed by atoms with E-state index in [9.17, 15) is 17.6 Å². The predicted octanol–water partition coefficient (Wildman–Crippen LogP) is 1.88. The molecule has 9 heteroatoms. The van der Waals surface area contributed by atoms with Crippen molar-refractivity contribution in [2.75, 3.05) is 6.54 Å². The Morgan fingerprint density at radius 1 is 1.07 bits per heavy atom. The minimum absolute atomic E-state index is 0.205. The van der Waals surface area contributed by atoms with E-state index in [1.807, 2.05) is 12.1 Å². The zero-order valence-electron chi connectivity index (χ0n) is 14.7. The summed E-state index contributed by atoms with van der Waals surface area (Å²) in [7, 11) is -3.97. The minimum Gasteiger partial charge on any atom is -0.351 e. The smallest absolute Gasteiger partial charge is 0.241 e. The first-order valence-electron chi connectivity index (χ1n) is 8.31. The number of carbonyl (C=O) groups is 1. The molecule has 2 aromatic heterocycles. The van der Waals surface area contributed by atoms with Crippen LogP contribution in [0, 0.1) is 5.82 Å². The Bertz CT molecular complexity index is 1080. The zero-order valence-corrected chi connectivity index (χ0v) is 15.5. The number of benzene rings is 1. The van der Waals surface area contributed by atoms with Crippen molar-refractivity contribution in [1.82, 2.24) is 20.0 Å². The lowest BCUT2D eigenvalue weighted by molar-refractivity contribution is -0.120. The van der Waals surface area contributed by atoms with Crippen LogP contribution >= 0.6 is 0 Å². The highest BCUT2D eigenvalue weighted by Crippen LogP contribution is 2.16. The van der Waals surface area contributed by atoms with Crippen molar-refractivity contribution in [2.45, 2.75) is 11.4 Å². The third-order valence-corrected chi connectivity index (χ3v) is 5.20. The van der Waals surface area contributed by atoms with Crippen LogP contribution in [0.3, 0.4) is 0 Å². The first kappa shape index (κ1) is 19.6. The van der Waals surface area contributed by atoms with Crippen LogP contribution in [0.15, 0.2) is 72.0 Å². The Morgan fingerprint density at radius 2 is 1.93 bits per heavy atom. The number of carbonyl (C=O) groups excluding carboxylic acids is 1. The lowest BCUT2D eigenvalue weighted by atomic mass is 10.1. The molecular weight excluding hydrogens is 383 g/mol. The summed E-state index contributed by atoms with van der Waals surface area (Å²) in [4.78, 5) is 20.1. The summed E-state index contributed by atoms with van der Waals surface area (Å²) in [5.41, 5.74) is 2.36. The third kappa shape index (κ3) is 5.18. The highest BCUT2D eigenvalue weighted by molar-refractivity contribution is 7.89. The van der Waals surface area contributed by atoms with Crippen molar-refractivity contribution in [2.24, 2.45) is 0 Å². The molecule has 3 rings (SSSR count). The van der Waals surface area contributed by atoms with Gasteiger partial charge in [-0.15, -0.1) is 0 Å². The summed E-state index contributed by atoms with van der Waals surface area (Å²) >= 11 is 0. The number of aromatic nitrogens is 2. The lowest BCUT2D eigenvalue weighted by Gasteiger charge is -2.09. The Balaban J connectivity index is 1.56. The Kier molecular flexibility index (Phi) is 6.07. The first-order chi connectivity index (χ1) is 13.4. The van der Waals surface area contributed by atoms with Crippen molar-refractivity contribution in [1.29, 1.82) is 0 Å². The molecule has 2 N–H and O–H groups in total. The number of nitrogens with zero attached hydrogens (tertiary/aromatic N) is 2. The number of amides is 1. The number of hydrogen-bond acceptors (Lipinski definition) is 5. The summed E-state index contributed by atoms with van der Waals surface area (Å²) in [5.74, 6) is -1.19. The molecular formula is C19H17FN4O3S. The van der Waals surface area contributed by atoms with Gasteiger partial charge in [-0.05, 0) is 48.0 Å². The van der Waals surface area contributed by atoms with Gasteiger partial charge in [0.25, 0.3) is 0 Å². The third-order valence-electron chi connectivity index (χ3n) is 3.80. The molecule has 0 unspecified atom stereocenters. The molecule has 0 aliphatic heterocycles. The number of halogens is 1. The van der Waals surface area contributed by atoms with Crippen LogP contribution in [-0.4, -0.2) is 30.8 Å². The second-order valence-corrected chi connectivity index (χ2v) is 7.62. The second kappa shape index (κ2) is 8.68. The van der Waals surface area contributed by atoms with Crippen LogP contribution in [0.4, 0.5) is 4.39 Å². The van der Waals surface area contributed by atoms with Crippen LogP contribution in [0.1, 0.15) is 5.56 Å². The van der Waals surface area contributed by atoms with E-state index in [4.69, 9.17) is 0 Å². The van der Waals surface area contributed by atoms with E-state index in [1.165, 1.54) is 12.1 Å². The van der Waals surface area contributed by atoms with Gasteiger partial charge >= 0.3 is 0 Å². The van der Waals surface area contributed by atoms with Gasteiger partial charge in [-0.3, -0.25) is 14.8 Å². The van der Waals surface area contributed by atoms with Crippen molar-refractivity contribution in [3.8, 4) is 11.3 Å². The summed E-state index contributed by atoms with van der Waals surface area (Å²) in [6.07, 6.45) is 4.97. The van der Waals surface area contributed by atoms with E-state index in [0.29, 0.717) is 5.69 Å². The molecule has 0 aliphatic rings. The zero-order chi connectivity index (χ0) is 20.0. The van der Waals surface area contributed by atoms with E-state index in [1.54, 1.807) is 30.7 Å². The maximum Gasteiger partial charge on any atom is 0.241 e. The summed E-state index contributed by atoms with van der Waals surface area (Å²) < 4.78 is 39.5. The standard InChI is InChI=1S/C19H17FN4O3S/c20-16-4-1-5-17(10-16)28(26,27)24-13-19(25)23-11-14-6-8-22-18(9-14)15-3-2-7-21-12-15/h1-10,12,24H,11,13H2,(H,23,25). The maximum absolute atomic E-state index is 13.2. The number of hydrogen-bond donors (Lipinski definition) is 2. The molecule has 3 aromatic rings. The summed E-state index contributed by atoms with van der Waals surface area (Å²) in [5, 5.41) is 2.63. The Morgan fingerprint density at radius 3 is 2.68 bits per heavy atom. The molecule has 0 spiro atoms. The van der Waals surface area contributed by atoms with E-state index in [-0.39, 0.29) is 11.4 Å². The molecule has 0 fully saturated rings. The second-order valence-electron chi connectivity index (χ2n) is 5.85. The largest absolute Gasteiger partial charge is 0.351 e. The molecule has 0 radical (unpaired) electrons. The normalized spacial score (nSPS) is 11.2. The van der Waals surface area contributed by atoms with Gasteiger partial charge in [-0.2, -0.15) is 0 Å². The van der Waals surface area contributed by atoms with Crippen LogP contribution < -0.4 is 10.0 Å². The molecule has 144 valence electrons. The van der Waals surface area contributed by atoms with Crippen LogP contribution in [0.2, 0.25) is 0 Å². The fourth-order valence-electron chi connectivity index (χ4n) is 2.40. The minimum atomic E-state index is -3.97. The summed E-state index contributed by atoms with van der Waals surface area (Å²) in [6, 6.07) is 11.8. The lowest BCUT2D eigenvalue weighted by Crippen LogP contribution is -2.36. The maximum atomic E-state index is 13.2. The molecule has 0 atom stereocenters. The molecule has 1 amide bonds. The summed E-state index contributed by atoms with van der Waals surface area (Å²) in [6.45, 7) is -0.254. The number of pyridine rings is 2. The van der Waals surface area contributed by atoms with E-state index >= 15 is 0 Å². The molecule has 7 nitrogen and oxygen atoms in total. The van der Waals surface area contributed by atoms with Gasteiger partial charge in [0.1, 0.15) is 5.82 Å². The Labute approximate surface area is 161 Å². The van der Waals surface area contributed by atoms with Crippen molar-refractivity contribution >= 4 is 15.9 Å². The fraction of sp³-hybridized carbons (Fsp3) is 0.105. The molecule has 0 aliphatic carbocycles. The van der Waals surface area contributed by atoms with Gasteiger partial charge < -0.3 is 5.32 Å². The van der Waals surface area contributed by atoms with Crippen molar-refractivity contribution in [3.63, 3.8) is 0 Å². The van der Waals surface area contributed by atoms with Gasteiger partial charge in [0.05, 0.1) is 17.1 Å². The molecule has 0 bridgehead atoms. The highest BCUT2D eigenvalue weighted by atomic mass is 32.2. The van der Waals surface area contributed by atoms with Crippen molar-refractivity contribution < 1.29 is 17.6 Å². The van der Waals surface area contributed by atoms with Crippen LogP contribution in [-0.2, 0) is 21.4 Å². The number of nitrogens with one attached hydrogen (secondary N) is 2. The van der Waals surface area contributed by atoms with Gasteiger partial charge in [0.2, 0.25) is 15.9 Å². The Hall–Kier alpha value is -3.17. The molecule has 0 saturated carbocycles. The highest BCUT2D eigenvalue weighted by Gasteiger charge is 2.16. The fourth-order valence-corrected chi connectivity index (χ4v) is 3.41. The van der Waals surface area contributed by atoms with Crippen LogP contribution in [0.5, 0.6) is 0 Å². The first-order valence-corrected chi connectivity index (χ1v) is 9.80. The SMILES string of the molecule is O=C(CNS(=O)(=O)c1cccc(F)c1)NCc1ccnc(-c2cccnc2)c1. The predicted molar refractivity (Wildman–Crippen MR) is 101 cm³/mol. The molecule has 28 heavy (non-hydrogen) atoms. The average molecular weight is 400 g/mol. The van der Waals surface area contributed by atoms with E-state index in [2.05, 4.69) is 20.0 Å². The van der Waals surface area contributed by atoms with E-state index in [0.717, 1.165) is 23.3 Å². The van der Waals surface area contributed by atoms with Gasteiger partial charge in [-0.1, -0.05) is 6.07 Å². The average Bonchev–Trinajstić information content (AvgIpc) is 2.72. The topological polar surface area (TPSA) is 101 Å². The monoisotopic (exact) mass is 400 g/mol. The quantitative estimate of drug-likeness (QED) is 0.631. The molecule has 2 heterocycles. The van der Waals surface area contributed by atoms with Crippen LogP contribution in [0.25, 0.3) is 11.3 Å². The number of rotatable bonds is 7. The molecule has 0 saturated heterocycles. The van der Waals surface area contributed by atoms with Gasteiger partial charge in [0.15, 0.2) is 0 Å². The van der Waals surface area contributed by atoms with Crippen molar-refractivity contribution in [3.05, 3.63) is 78.5 Å². The molecule has 1 aromatic carbocycles. The van der Waals surface area contributed by atoms with Gasteiger partial charge in [-0.25, -0.2) is 17.5 Å². The van der Waals surface area contributed by atoms with E-state index < -0.39 is 28.3 Å².